The second-order valence-electron chi connectivity index (χ2n) is 9.57. The van der Waals surface area contributed by atoms with Crippen molar-refractivity contribution in [3.8, 4) is 11.3 Å². The van der Waals surface area contributed by atoms with E-state index in [9.17, 15) is 4.79 Å². The normalized spacial score (nSPS) is 15.3. The lowest BCUT2D eigenvalue weighted by atomic mass is 9.90. The van der Waals surface area contributed by atoms with Crippen LogP contribution >= 0.6 is 0 Å². The predicted octanol–water partition coefficient (Wildman–Crippen LogP) is 4.12. The number of carbonyl (C=O) groups is 1. The van der Waals surface area contributed by atoms with Crippen LogP contribution < -0.4 is 5.32 Å². The predicted molar refractivity (Wildman–Crippen MR) is 141 cm³/mol. The number of piperidine rings is 1. The number of H-pyrrole nitrogens is 1. The maximum atomic E-state index is 13.7. The van der Waals surface area contributed by atoms with Gasteiger partial charge in [0.2, 0.25) is 0 Å². The van der Waals surface area contributed by atoms with Gasteiger partial charge in [0.25, 0.3) is 5.91 Å². The molecule has 1 amide bonds. The maximum Gasteiger partial charge on any atom is 0.257 e. The van der Waals surface area contributed by atoms with Crippen LogP contribution in [0.5, 0.6) is 0 Å². The van der Waals surface area contributed by atoms with Gasteiger partial charge < -0.3 is 19.9 Å². The summed E-state index contributed by atoms with van der Waals surface area (Å²) in [6.45, 7) is 3.06. The molecule has 2 aromatic heterocycles. The fourth-order valence-electron chi connectivity index (χ4n) is 5.13. The quantitative estimate of drug-likeness (QED) is 0.372. The SMILES string of the molecule is COCCN(C)C(=O)c1cn(C(CC2CCNCC2)c2cnc[nH]2)nc1-c1cccc2ccccc12. The highest BCUT2D eigenvalue weighted by Crippen LogP contribution is 2.34. The van der Waals surface area contributed by atoms with Crippen LogP contribution in [0.25, 0.3) is 22.0 Å². The van der Waals surface area contributed by atoms with Crippen molar-refractivity contribution in [2.75, 3.05) is 40.4 Å². The Balaban J connectivity index is 1.61. The number of methoxy groups -OCH3 is 1. The van der Waals surface area contributed by atoms with E-state index < -0.39 is 0 Å². The largest absolute Gasteiger partial charge is 0.383 e. The van der Waals surface area contributed by atoms with E-state index in [1.165, 1.54) is 0 Å². The molecule has 5 rings (SSSR count). The number of ether oxygens (including phenoxy) is 1. The number of carbonyl (C=O) groups excluding carboxylic acids is 1. The molecule has 1 atom stereocenters. The number of likely N-dealkylation sites (N-methyl/N-ethyl adjacent to an activating group) is 1. The molecule has 4 aromatic rings. The molecule has 0 radical (unpaired) electrons. The van der Waals surface area contributed by atoms with Crippen LogP contribution in [-0.2, 0) is 4.74 Å². The van der Waals surface area contributed by atoms with Crippen LogP contribution in [0.2, 0.25) is 0 Å². The van der Waals surface area contributed by atoms with Crippen molar-refractivity contribution in [1.82, 2.24) is 30.0 Å². The first-order chi connectivity index (χ1) is 17.7. The molecule has 1 aliphatic rings. The Morgan fingerprint density at radius 3 is 2.78 bits per heavy atom. The van der Waals surface area contributed by atoms with Crippen molar-refractivity contribution in [3.05, 3.63) is 72.4 Å². The summed E-state index contributed by atoms with van der Waals surface area (Å²) in [5, 5.41) is 10.8. The van der Waals surface area contributed by atoms with Crippen molar-refractivity contribution in [1.29, 1.82) is 0 Å². The summed E-state index contributed by atoms with van der Waals surface area (Å²) in [4.78, 5) is 23.0. The molecule has 2 N–H and O–H groups in total. The van der Waals surface area contributed by atoms with E-state index in [4.69, 9.17) is 9.84 Å². The maximum absolute atomic E-state index is 13.7. The van der Waals surface area contributed by atoms with Crippen molar-refractivity contribution >= 4 is 16.7 Å². The van der Waals surface area contributed by atoms with Gasteiger partial charge in [-0.2, -0.15) is 5.10 Å². The van der Waals surface area contributed by atoms with Crippen LogP contribution in [-0.4, -0.2) is 71.0 Å². The number of aromatic amines is 1. The topological polar surface area (TPSA) is 88.1 Å². The zero-order valence-corrected chi connectivity index (χ0v) is 21.0. The van der Waals surface area contributed by atoms with Crippen LogP contribution in [0, 0.1) is 5.92 Å². The first-order valence-corrected chi connectivity index (χ1v) is 12.7. The molecule has 0 spiro atoms. The second-order valence-corrected chi connectivity index (χ2v) is 9.57. The van der Waals surface area contributed by atoms with Crippen molar-refractivity contribution in [3.63, 3.8) is 0 Å². The molecule has 188 valence electrons. The van der Waals surface area contributed by atoms with Crippen LogP contribution in [0.3, 0.4) is 0 Å². The van der Waals surface area contributed by atoms with E-state index in [0.29, 0.717) is 30.3 Å². The fraction of sp³-hybridized carbons (Fsp3) is 0.393. The summed E-state index contributed by atoms with van der Waals surface area (Å²) in [6, 6.07) is 14.4. The molecular weight excluding hydrogens is 452 g/mol. The van der Waals surface area contributed by atoms with Crippen LogP contribution in [0.15, 0.2) is 61.2 Å². The van der Waals surface area contributed by atoms with Gasteiger partial charge in [0.15, 0.2) is 0 Å². The molecule has 2 aromatic carbocycles. The minimum absolute atomic E-state index is 0.0323. The van der Waals surface area contributed by atoms with Gasteiger partial charge in [0, 0.05) is 32.5 Å². The summed E-state index contributed by atoms with van der Waals surface area (Å²) in [6.07, 6.45) is 8.71. The highest BCUT2D eigenvalue weighted by molar-refractivity contribution is 6.04. The molecule has 8 nitrogen and oxygen atoms in total. The highest BCUT2D eigenvalue weighted by atomic mass is 16.5. The minimum Gasteiger partial charge on any atom is -0.383 e. The number of fused-ring (bicyclic) bond motifs is 1. The summed E-state index contributed by atoms with van der Waals surface area (Å²) in [5.41, 5.74) is 3.27. The number of nitrogens with one attached hydrogen (secondary N) is 2. The smallest absolute Gasteiger partial charge is 0.257 e. The molecule has 3 heterocycles. The molecular formula is C28H34N6O2. The van der Waals surface area contributed by atoms with E-state index in [-0.39, 0.29) is 11.9 Å². The molecule has 1 saturated heterocycles. The van der Waals surface area contributed by atoms with E-state index in [1.54, 1.807) is 18.3 Å². The van der Waals surface area contributed by atoms with E-state index >= 15 is 0 Å². The molecule has 0 saturated carbocycles. The lowest BCUT2D eigenvalue weighted by Gasteiger charge is -2.26. The Hall–Kier alpha value is -3.49. The first kappa shape index (κ1) is 24.2. The number of hydrogen-bond donors (Lipinski definition) is 2. The Bertz CT molecular complexity index is 1290. The average molecular weight is 487 g/mol. The van der Waals surface area contributed by atoms with Gasteiger partial charge in [-0.25, -0.2) is 4.98 Å². The standard InChI is InChI=1S/C28H34N6O2/c1-33(14-15-36-2)28(35)24-18-34(26(25-17-30-19-31-25)16-20-10-12-29-13-11-20)32-27(24)23-9-5-7-21-6-3-4-8-22(21)23/h3-9,17-20,26,29H,10-16H2,1-2H3,(H,30,31). The van der Waals surface area contributed by atoms with E-state index in [1.807, 2.05) is 42.3 Å². The number of aromatic nitrogens is 4. The molecule has 0 bridgehead atoms. The molecule has 1 fully saturated rings. The third kappa shape index (κ3) is 5.05. The first-order valence-electron chi connectivity index (χ1n) is 12.7. The number of amides is 1. The van der Waals surface area contributed by atoms with Gasteiger partial charge in [-0.3, -0.25) is 9.48 Å². The van der Waals surface area contributed by atoms with Gasteiger partial charge in [-0.05, 0) is 49.0 Å². The molecule has 8 heteroatoms. The molecule has 36 heavy (non-hydrogen) atoms. The van der Waals surface area contributed by atoms with Gasteiger partial charge >= 0.3 is 0 Å². The van der Waals surface area contributed by atoms with Crippen molar-refractivity contribution in [2.24, 2.45) is 5.92 Å². The zero-order valence-electron chi connectivity index (χ0n) is 21.0. The van der Waals surface area contributed by atoms with Gasteiger partial charge in [-0.1, -0.05) is 42.5 Å². The monoisotopic (exact) mass is 486 g/mol. The number of rotatable bonds is 9. The summed E-state index contributed by atoms with van der Waals surface area (Å²) in [7, 11) is 3.46. The summed E-state index contributed by atoms with van der Waals surface area (Å²) >= 11 is 0. The second kappa shape index (κ2) is 11.1. The zero-order chi connectivity index (χ0) is 24.9. The minimum atomic E-state index is -0.0635. The van der Waals surface area contributed by atoms with Gasteiger partial charge in [-0.15, -0.1) is 0 Å². The van der Waals surface area contributed by atoms with Crippen LogP contribution in [0.4, 0.5) is 0 Å². The molecule has 1 unspecified atom stereocenters. The summed E-state index contributed by atoms with van der Waals surface area (Å²) < 4.78 is 7.19. The van der Waals surface area contributed by atoms with Crippen LogP contribution in [0.1, 0.15) is 41.4 Å². The average Bonchev–Trinajstić information content (AvgIpc) is 3.61. The molecule has 1 aliphatic heterocycles. The Labute approximate surface area is 211 Å². The highest BCUT2D eigenvalue weighted by Gasteiger charge is 2.28. The van der Waals surface area contributed by atoms with E-state index in [0.717, 1.165) is 54.4 Å². The Morgan fingerprint density at radius 1 is 1.19 bits per heavy atom. The number of hydrogen-bond acceptors (Lipinski definition) is 5. The lowest BCUT2D eigenvalue weighted by molar-refractivity contribution is 0.0745. The third-order valence-electron chi connectivity index (χ3n) is 7.20. The molecule has 0 aliphatic carbocycles. The number of benzene rings is 2. The van der Waals surface area contributed by atoms with Crippen molar-refractivity contribution in [2.45, 2.75) is 25.3 Å². The fourth-order valence-corrected chi connectivity index (χ4v) is 5.13. The third-order valence-corrected chi connectivity index (χ3v) is 7.20. The summed E-state index contributed by atoms with van der Waals surface area (Å²) in [5.74, 6) is 0.514. The number of nitrogens with zero attached hydrogens (tertiary/aromatic N) is 4. The van der Waals surface area contributed by atoms with Gasteiger partial charge in [0.05, 0.1) is 36.4 Å². The Kier molecular flexibility index (Phi) is 7.44. The van der Waals surface area contributed by atoms with Crippen molar-refractivity contribution < 1.29 is 9.53 Å². The lowest BCUT2D eigenvalue weighted by Crippen LogP contribution is -2.30. The van der Waals surface area contributed by atoms with Gasteiger partial charge in [0.1, 0.15) is 5.69 Å². The Morgan fingerprint density at radius 2 is 2.00 bits per heavy atom. The van der Waals surface area contributed by atoms with E-state index in [2.05, 4.69) is 39.6 Å². The number of imidazole rings is 1.